The van der Waals surface area contributed by atoms with E-state index >= 15 is 0 Å². The van der Waals surface area contributed by atoms with Crippen molar-refractivity contribution in [2.24, 2.45) is 35.0 Å². The van der Waals surface area contributed by atoms with Crippen molar-refractivity contribution in [3.63, 3.8) is 0 Å². The zero-order valence-corrected chi connectivity index (χ0v) is 50.7. The lowest BCUT2D eigenvalue weighted by Crippen LogP contribution is -2.63. The van der Waals surface area contributed by atoms with Gasteiger partial charge in [0.05, 0.1) is 30.5 Å². The summed E-state index contributed by atoms with van der Waals surface area (Å²) < 4.78 is 58.3. The molecule has 4 rings (SSSR count). The molecule has 0 aromatic rings. The molecule has 20 heteroatoms. The Morgan fingerprint density at radius 2 is 1.44 bits per heavy atom. The molecule has 1 aliphatic carbocycles. The topological polar surface area (TPSA) is 252 Å². The Bertz CT molecular complexity index is 2230. The van der Waals surface area contributed by atoms with Crippen molar-refractivity contribution in [2.45, 2.75) is 226 Å². The smallest absolute Gasteiger partial charge is 0.329 e. The summed E-state index contributed by atoms with van der Waals surface area (Å²) >= 11 is 0. The molecular formula is C61H95NO19. The number of rotatable bonds is 19. The van der Waals surface area contributed by atoms with Crippen LogP contribution in [0.2, 0.25) is 0 Å². The summed E-state index contributed by atoms with van der Waals surface area (Å²) in [6, 6.07) is -1.12. The number of methoxy groups -OCH3 is 3. The van der Waals surface area contributed by atoms with Crippen LogP contribution in [-0.4, -0.2) is 165 Å². The predicted molar refractivity (Wildman–Crippen MR) is 297 cm³/mol. The average molecular weight is 1150 g/mol. The highest BCUT2D eigenvalue weighted by molar-refractivity contribution is 6.39. The van der Waals surface area contributed by atoms with Crippen LogP contribution in [-0.2, 0) is 85.7 Å². The molecule has 3 aliphatic heterocycles. The third-order valence-corrected chi connectivity index (χ3v) is 16.6. The van der Waals surface area contributed by atoms with Crippen LogP contribution in [0.25, 0.3) is 0 Å². The van der Waals surface area contributed by atoms with Crippen molar-refractivity contribution in [3.05, 3.63) is 36.0 Å². The zero-order chi connectivity index (χ0) is 60.5. The van der Waals surface area contributed by atoms with Crippen LogP contribution in [0.3, 0.4) is 0 Å². The minimum atomic E-state index is -1.58. The number of aliphatic hydroxyl groups is 1. The predicted octanol–water partition coefficient (Wildman–Crippen LogP) is 7.47. The van der Waals surface area contributed by atoms with Gasteiger partial charge in [0.15, 0.2) is 6.10 Å². The Morgan fingerprint density at radius 1 is 0.840 bits per heavy atom. The molecule has 1 N–H and O–H groups in total. The van der Waals surface area contributed by atoms with Crippen LogP contribution in [0.5, 0.6) is 0 Å². The molecule has 0 spiro atoms. The fourth-order valence-electron chi connectivity index (χ4n) is 12.0. The third-order valence-electron chi connectivity index (χ3n) is 16.6. The van der Waals surface area contributed by atoms with E-state index < -0.39 is 137 Å². The maximum absolute atomic E-state index is 14.8. The second-order valence-electron chi connectivity index (χ2n) is 23.9. The standard InChI is InChI=1S/C61H95NO19/c1-16-19-44-25-35(2)24-36(3)26-50(72-13)56-51(73-14)29-39(6)61(12,81-56)57(69)58(70)62-23-18-17-20-46(62)59(71)80-55(40(7)47(65)30-48(44)66)38(5)31-60(11)22-21-49(52(32-60)74-15)77-43(10)78-53(67)27-37(4)28-54(68)79-45(33-75-41(8)63)34-76-42(9)64/h16,25,31,36-37,39-40,43-47,49-52,55-56,65H,1,17-24,26-30,32-34H2,2-15H3/b35-25+,38-31+/t36-,37?,39+,40+,43?,44+,46-,47-,49+,50-,51-,52+,55+,56+,60?,61+/m0/s1. The molecule has 2 bridgehead atoms. The van der Waals surface area contributed by atoms with Crippen LogP contribution in [0.15, 0.2) is 36.0 Å². The lowest BCUT2D eigenvalue weighted by atomic mass is 9.71. The van der Waals surface area contributed by atoms with Crippen molar-refractivity contribution < 1.29 is 90.8 Å². The van der Waals surface area contributed by atoms with Crippen molar-refractivity contribution in [1.29, 1.82) is 0 Å². The first-order chi connectivity index (χ1) is 38.1. The molecule has 0 radical (unpaired) electrons. The summed E-state index contributed by atoms with van der Waals surface area (Å²) in [5, 5.41) is 12.0. The second kappa shape index (κ2) is 31.7. The van der Waals surface area contributed by atoms with Gasteiger partial charge in [0.2, 0.25) is 6.29 Å². The summed E-state index contributed by atoms with van der Waals surface area (Å²) in [5.41, 5.74) is -0.596. The molecule has 2 saturated heterocycles. The van der Waals surface area contributed by atoms with Gasteiger partial charge in [-0.05, 0) is 121 Å². The zero-order valence-electron chi connectivity index (χ0n) is 50.7. The first kappa shape index (κ1) is 68.6. The normalized spacial score (nSPS) is 33.8. The summed E-state index contributed by atoms with van der Waals surface area (Å²) in [4.78, 5) is 108. The largest absolute Gasteiger partial charge is 0.462 e. The van der Waals surface area contributed by atoms with E-state index in [-0.39, 0.29) is 57.1 Å². The van der Waals surface area contributed by atoms with E-state index in [4.69, 9.17) is 47.4 Å². The van der Waals surface area contributed by atoms with Crippen molar-refractivity contribution in [1.82, 2.24) is 4.90 Å². The summed E-state index contributed by atoms with van der Waals surface area (Å²) in [7, 11) is 4.74. The van der Waals surface area contributed by atoms with E-state index in [9.17, 15) is 43.5 Å². The number of nitrogens with zero attached hydrogens (tertiary/aromatic N) is 1. The van der Waals surface area contributed by atoms with Crippen molar-refractivity contribution in [2.75, 3.05) is 41.1 Å². The van der Waals surface area contributed by atoms with Gasteiger partial charge in [-0.1, -0.05) is 58.4 Å². The van der Waals surface area contributed by atoms with E-state index in [0.29, 0.717) is 63.4 Å². The number of aliphatic hydroxyl groups excluding tert-OH is 1. The van der Waals surface area contributed by atoms with Gasteiger partial charge < -0.3 is 57.4 Å². The van der Waals surface area contributed by atoms with Crippen molar-refractivity contribution >= 4 is 47.3 Å². The van der Waals surface area contributed by atoms with Gasteiger partial charge in [-0.2, -0.15) is 0 Å². The molecule has 1 saturated carbocycles. The van der Waals surface area contributed by atoms with E-state index in [2.05, 4.69) is 13.5 Å². The highest BCUT2D eigenvalue weighted by Gasteiger charge is 2.55. The van der Waals surface area contributed by atoms with Gasteiger partial charge in [0.1, 0.15) is 42.8 Å². The van der Waals surface area contributed by atoms with Gasteiger partial charge >= 0.3 is 29.8 Å². The Kier molecular flexibility index (Phi) is 26.9. The monoisotopic (exact) mass is 1150 g/mol. The molecule has 3 fully saturated rings. The van der Waals surface area contributed by atoms with Crippen LogP contribution in [0, 0.1) is 35.0 Å². The minimum Gasteiger partial charge on any atom is -0.462 e. The lowest BCUT2D eigenvalue weighted by Gasteiger charge is -2.48. The van der Waals surface area contributed by atoms with Gasteiger partial charge in [0, 0.05) is 72.8 Å². The molecule has 1 amide bonds. The molecule has 3 heterocycles. The van der Waals surface area contributed by atoms with Gasteiger partial charge in [-0.3, -0.25) is 33.6 Å². The number of ketones is 2. The molecule has 0 aromatic heterocycles. The number of hydrogen-bond donors (Lipinski definition) is 1. The van der Waals surface area contributed by atoms with Crippen LogP contribution in [0.1, 0.15) is 160 Å². The average Bonchev–Trinajstić information content (AvgIpc) is 3.42. The Labute approximate surface area is 480 Å². The minimum absolute atomic E-state index is 0.0398. The molecule has 81 heavy (non-hydrogen) atoms. The number of cyclic esters (lactones) is 1. The van der Waals surface area contributed by atoms with E-state index in [0.717, 1.165) is 5.57 Å². The number of carbonyl (C=O) groups excluding carboxylic acids is 8. The molecule has 3 unspecified atom stereocenters. The molecular weight excluding hydrogens is 1050 g/mol. The Hall–Kier alpha value is -4.86. The number of piperidine rings is 1. The first-order valence-electron chi connectivity index (χ1n) is 28.9. The van der Waals surface area contributed by atoms with Crippen LogP contribution >= 0.6 is 0 Å². The number of fused-ring (bicyclic) bond motifs is 3. The quantitative estimate of drug-likeness (QED) is 0.0433. The molecule has 20 nitrogen and oxygen atoms in total. The van der Waals surface area contributed by atoms with Gasteiger partial charge in [-0.25, -0.2) is 4.79 Å². The SMILES string of the molecule is C=CC[C@@H]1/C=C(\C)C[C@H](C)C[C@H](OC)[C@H]2O[C@@](C)(C(=O)C(=O)N3CCCC[C@H]3C(=O)O[C@H](/C(C)=C/C3(C)CC[C@@H](OC(C)OC(=O)CC(C)CC(=O)OC(COC(C)=O)COC(C)=O)[C@H](OC)C3)[C@H](C)[C@@H](O)CC1=O)[C@H](C)C[C@@H]2OC. The summed E-state index contributed by atoms with van der Waals surface area (Å²) in [6.45, 7) is 22.2. The molecule has 4 aliphatic rings. The van der Waals surface area contributed by atoms with E-state index in [1.165, 1.54) is 18.7 Å². The van der Waals surface area contributed by atoms with Crippen LogP contribution < -0.4 is 0 Å². The van der Waals surface area contributed by atoms with E-state index in [1.54, 1.807) is 55.1 Å². The number of allylic oxidation sites excluding steroid dienone is 4. The Morgan fingerprint density at radius 3 is 2.04 bits per heavy atom. The van der Waals surface area contributed by atoms with Crippen LogP contribution in [0.4, 0.5) is 0 Å². The van der Waals surface area contributed by atoms with Gasteiger partial charge in [-0.15, -0.1) is 6.58 Å². The second-order valence-corrected chi connectivity index (χ2v) is 23.9. The highest BCUT2D eigenvalue weighted by atomic mass is 16.7. The number of Topliss-reactive ketones (excluding diaryl/α,β-unsaturated/α-hetero) is 2. The van der Waals surface area contributed by atoms with Crippen molar-refractivity contribution in [3.8, 4) is 0 Å². The lowest BCUT2D eigenvalue weighted by molar-refractivity contribution is -0.229. The maximum atomic E-state index is 14.8. The Balaban J connectivity index is 1.58. The van der Waals surface area contributed by atoms with Gasteiger partial charge in [0.25, 0.3) is 11.7 Å². The summed E-state index contributed by atoms with van der Waals surface area (Å²) in [6.07, 6.45) is 2.79. The number of esters is 5. The fourth-order valence-corrected chi connectivity index (χ4v) is 12.0. The maximum Gasteiger partial charge on any atom is 0.329 e. The number of ether oxygens (including phenoxy) is 10. The third kappa shape index (κ3) is 19.9. The molecule has 0 aromatic carbocycles. The highest BCUT2D eigenvalue weighted by Crippen LogP contribution is 2.43. The molecule has 16 atom stereocenters. The molecule has 458 valence electrons. The van der Waals surface area contributed by atoms with E-state index in [1.807, 2.05) is 39.8 Å². The number of hydrogen-bond acceptors (Lipinski definition) is 19. The summed E-state index contributed by atoms with van der Waals surface area (Å²) in [5.74, 6) is -7.38. The number of amides is 1. The fraction of sp³-hybridized carbons (Fsp3) is 0.770. The first-order valence-corrected chi connectivity index (χ1v) is 28.9. The number of carbonyl (C=O) groups is 8.